The van der Waals surface area contributed by atoms with Gasteiger partial charge in [0.25, 0.3) is 5.91 Å². The molecule has 150 valence electrons. The molecule has 1 aliphatic rings. The van der Waals surface area contributed by atoms with Crippen LogP contribution in [0.1, 0.15) is 44.6 Å². The Morgan fingerprint density at radius 2 is 1.93 bits per heavy atom. The molecule has 0 fully saturated rings. The van der Waals surface area contributed by atoms with Gasteiger partial charge in [-0.05, 0) is 65.6 Å². The second-order valence-electron chi connectivity index (χ2n) is 6.92. The molecular formula is C22H21ClN2O2S2. The fraction of sp³-hybridized carbons (Fsp3) is 0.273. The normalized spacial score (nSPS) is 15.8. The maximum atomic E-state index is 13.0. The van der Waals surface area contributed by atoms with Gasteiger partial charge in [-0.1, -0.05) is 17.7 Å². The Hall–Kier alpha value is -2.15. The topological polar surface area (TPSA) is 49.4 Å². The second-order valence-corrected chi connectivity index (χ2v) is 9.34. The van der Waals surface area contributed by atoms with E-state index in [1.165, 1.54) is 15.3 Å². The fourth-order valence-electron chi connectivity index (χ4n) is 3.63. The highest BCUT2D eigenvalue weighted by Gasteiger charge is 2.32. The number of hydrogen-bond donors (Lipinski definition) is 1. The van der Waals surface area contributed by atoms with Gasteiger partial charge in [0, 0.05) is 39.9 Å². The van der Waals surface area contributed by atoms with E-state index in [0.717, 1.165) is 13.0 Å². The minimum atomic E-state index is -0.147. The zero-order chi connectivity index (χ0) is 20.2. The van der Waals surface area contributed by atoms with Crippen molar-refractivity contribution in [2.45, 2.75) is 25.3 Å². The average Bonchev–Trinajstić information content (AvgIpc) is 3.42. The summed E-state index contributed by atoms with van der Waals surface area (Å²) in [5.74, 6) is -0.00698. The molecule has 3 aromatic rings. The third-order valence-electron chi connectivity index (χ3n) is 5.06. The van der Waals surface area contributed by atoms with Crippen molar-refractivity contribution in [1.29, 1.82) is 0 Å². The summed E-state index contributed by atoms with van der Waals surface area (Å²) in [6.45, 7) is 1.21. The third-order valence-corrected chi connectivity index (χ3v) is 7.23. The fourth-order valence-corrected chi connectivity index (χ4v) is 5.51. The Balaban J connectivity index is 1.34. The van der Waals surface area contributed by atoms with Crippen molar-refractivity contribution in [3.63, 3.8) is 0 Å². The number of hydrogen-bond acceptors (Lipinski definition) is 4. The van der Waals surface area contributed by atoms with Crippen molar-refractivity contribution in [1.82, 2.24) is 10.2 Å². The molecule has 7 heteroatoms. The van der Waals surface area contributed by atoms with Crippen LogP contribution in [0.2, 0.25) is 5.02 Å². The van der Waals surface area contributed by atoms with E-state index in [-0.39, 0.29) is 17.9 Å². The van der Waals surface area contributed by atoms with Crippen molar-refractivity contribution in [2.75, 3.05) is 13.1 Å². The van der Waals surface area contributed by atoms with Gasteiger partial charge in [-0.3, -0.25) is 9.59 Å². The molecule has 1 aliphatic heterocycles. The number of halogens is 1. The monoisotopic (exact) mass is 444 g/mol. The van der Waals surface area contributed by atoms with Gasteiger partial charge < -0.3 is 10.2 Å². The van der Waals surface area contributed by atoms with E-state index in [0.29, 0.717) is 30.0 Å². The lowest BCUT2D eigenvalue weighted by molar-refractivity contribution is -0.133. The maximum Gasteiger partial charge on any atom is 0.251 e. The summed E-state index contributed by atoms with van der Waals surface area (Å²) in [4.78, 5) is 29.7. The van der Waals surface area contributed by atoms with Gasteiger partial charge in [-0.2, -0.15) is 0 Å². The molecule has 0 spiro atoms. The molecule has 0 bridgehead atoms. The highest BCUT2D eigenvalue weighted by Crippen LogP contribution is 2.39. The molecule has 4 rings (SSSR count). The van der Waals surface area contributed by atoms with E-state index < -0.39 is 0 Å². The van der Waals surface area contributed by atoms with Crippen LogP contribution in [0, 0.1) is 0 Å². The first-order valence-electron chi connectivity index (χ1n) is 9.56. The molecule has 3 heterocycles. The van der Waals surface area contributed by atoms with E-state index in [1.807, 2.05) is 11.0 Å². The predicted molar refractivity (Wildman–Crippen MR) is 119 cm³/mol. The smallest absolute Gasteiger partial charge is 0.251 e. The molecule has 0 aliphatic carbocycles. The summed E-state index contributed by atoms with van der Waals surface area (Å²) < 4.78 is 0. The van der Waals surface area contributed by atoms with Gasteiger partial charge in [0.05, 0.1) is 6.04 Å². The number of rotatable bonds is 6. The number of carbonyl (C=O) groups is 2. The van der Waals surface area contributed by atoms with Gasteiger partial charge in [0.2, 0.25) is 5.91 Å². The Morgan fingerprint density at radius 1 is 1.10 bits per heavy atom. The van der Waals surface area contributed by atoms with Crippen LogP contribution in [0.4, 0.5) is 0 Å². The van der Waals surface area contributed by atoms with Crippen molar-refractivity contribution in [2.24, 2.45) is 0 Å². The lowest BCUT2D eigenvalue weighted by atomic mass is 9.98. The van der Waals surface area contributed by atoms with E-state index in [2.05, 4.69) is 28.2 Å². The van der Waals surface area contributed by atoms with Crippen molar-refractivity contribution < 1.29 is 9.59 Å². The van der Waals surface area contributed by atoms with Crippen LogP contribution in [0.15, 0.2) is 53.2 Å². The zero-order valence-electron chi connectivity index (χ0n) is 15.8. The van der Waals surface area contributed by atoms with Crippen LogP contribution in [0.5, 0.6) is 0 Å². The molecular weight excluding hydrogens is 424 g/mol. The van der Waals surface area contributed by atoms with Crippen molar-refractivity contribution in [3.8, 4) is 0 Å². The molecule has 4 nitrogen and oxygen atoms in total. The quantitative estimate of drug-likeness (QED) is 0.534. The van der Waals surface area contributed by atoms with E-state index in [9.17, 15) is 9.59 Å². The Labute approximate surface area is 183 Å². The lowest BCUT2D eigenvalue weighted by Gasteiger charge is -2.35. The number of carbonyl (C=O) groups excluding carboxylic acids is 2. The summed E-state index contributed by atoms with van der Waals surface area (Å²) in [7, 11) is 0. The van der Waals surface area contributed by atoms with Gasteiger partial charge >= 0.3 is 0 Å². The molecule has 2 amide bonds. The minimum absolute atomic E-state index is 0.0150. The molecule has 0 radical (unpaired) electrons. The standard InChI is InChI=1S/C22H21ClN2O2S2/c23-16-7-5-15(6-8-16)22(27)24-11-1-4-20(26)25-12-9-18-17(10-14-29-18)21(25)19-3-2-13-28-19/h2-3,5-8,10,13-14,21H,1,4,9,11-12H2,(H,24,27). The van der Waals surface area contributed by atoms with E-state index >= 15 is 0 Å². The first-order chi connectivity index (χ1) is 14.1. The van der Waals surface area contributed by atoms with Crippen LogP contribution < -0.4 is 5.32 Å². The molecule has 1 unspecified atom stereocenters. The third kappa shape index (κ3) is 4.55. The first kappa shape index (κ1) is 20.1. The lowest BCUT2D eigenvalue weighted by Crippen LogP contribution is -2.40. The number of thiophene rings is 2. The maximum absolute atomic E-state index is 13.0. The molecule has 29 heavy (non-hydrogen) atoms. The molecule has 1 aromatic carbocycles. The number of fused-ring (bicyclic) bond motifs is 1. The summed E-state index contributed by atoms with van der Waals surface area (Å²) in [6, 6.07) is 13.1. The van der Waals surface area contributed by atoms with E-state index in [4.69, 9.17) is 11.6 Å². The number of benzene rings is 1. The van der Waals surface area contributed by atoms with E-state index in [1.54, 1.807) is 46.9 Å². The van der Waals surface area contributed by atoms with Crippen LogP contribution in [-0.2, 0) is 11.2 Å². The van der Waals surface area contributed by atoms with Gasteiger partial charge in [-0.25, -0.2) is 0 Å². The van der Waals surface area contributed by atoms with Crippen LogP contribution >= 0.6 is 34.3 Å². The molecule has 1 N–H and O–H groups in total. The SMILES string of the molecule is O=C(NCCCC(=O)N1CCc2sccc2C1c1cccs1)c1ccc(Cl)cc1. The average molecular weight is 445 g/mol. The Morgan fingerprint density at radius 3 is 2.69 bits per heavy atom. The van der Waals surface area contributed by atoms with Crippen molar-refractivity contribution in [3.05, 3.63) is 79.1 Å². The summed E-state index contributed by atoms with van der Waals surface area (Å²) in [6.07, 6.45) is 1.94. The van der Waals surface area contributed by atoms with Crippen molar-refractivity contribution >= 4 is 46.1 Å². The largest absolute Gasteiger partial charge is 0.352 e. The highest BCUT2D eigenvalue weighted by atomic mass is 35.5. The molecule has 0 saturated heterocycles. The minimum Gasteiger partial charge on any atom is -0.352 e. The summed E-state index contributed by atoms with van der Waals surface area (Å²) in [5, 5.41) is 7.65. The second kappa shape index (κ2) is 9.11. The molecule has 2 aromatic heterocycles. The van der Waals surface area contributed by atoms with Gasteiger partial charge in [0.1, 0.15) is 0 Å². The molecule has 1 atom stereocenters. The molecule has 0 saturated carbocycles. The van der Waals surface area contributed by atoms with Gasteiger partial charge in [-0.15, -0.1) is 22.7 Å². The number of nitrogens with one attached hydrogen (secondary N) is 1. The summed E-state index contributed by atoms with van der Waals surface area (Å²) >= 11 is 9.32. The summed E-state index contributed by atoms with van der Waals surface area (Å²) in [5.41, 5.74) is 1.83. The first-order valence-corrected chi connectivity index (χ1v) is 11.7. The van der Waals surface area contributed by atoms with Gasteiger partial charge in [0.15, 0.2) is 0 Å². The number of nitrogens with zero attached hydrogens (tertiary/aromatic N) is 1. The predicted octanol–water partition coefficient (Wildman–Crippen LogP) is 5.15. The van der Waals surface area contributed by atoms with Crippen LogP contribution in [0.25, 0.3) is 0 Å². The van der Waals surface area contributed by atoms with Crippen LogP contribution in [-0.4, -0.2) is 29.8 Å². The number of amides is 2. The van der Waals surface area contributed by atoms with Crippen LogP contribution in [0.3, 0.4) is 0 Å². The Kier molecular flexibility index (Phi) is 6.33. The zero-order valence-corrected chi connectivity index (χ0v) is 18.2. The Bertz CT molecular complexity index is 983. The highest BCUT2D eigenvalue weighted by molar-refractivity contribution is 7.10.